The molecule has 0 atom stereocenters. The molecular formula is C7H12BNO. The molecule has 2 radical (unpaired) electrons. The zero-order valence-corrected chi connectivity index (χ0v) is 6.55. The Bertz CT molecular complexity index is 156. The molecule has 0 aromatic carbocycles. The topological polar surface area (TPSA) is 20.3 Å². The molecule has 2 nitrogen and oxygen atoms in total. The van der Waals surface area contributed by atoms with Gasteiger partial charge in [-0.3, -0.25) is 4.79 Å². The first-order valence-corrected chi connectivity index (χ1v) is 3.55. The van der Waals surface area contributed by atoms with E-state index < -0.39 is 0 Å². The number of Topliss-reactive ketones (excluding diaryl/α,β-unsaturated/α-hetero) is 1. The maximum absolute atomic E-state index is 11.2. The van der Waals surface area contributed by atoms with Crippen LogP contribution in [0.15, 0.2) is 0 Å². The highest BCUT2D eigenvalue weighted by Gasteiger charge is 2.31. The Hall–Kier alpha value is -0.305. The minimum absolute atomic E-state index is 0.229. The SMILES string of the molecule is [B]N1CCC(=O)C(C)(C)C1. The van der Waals surface area contributed by atoms with Gasteiger partial charge in [-0.1, -0.05) is 13.8 Å². The van der Waals surface area contributed by atoms with Gasteiger partial charge in [0, 0.05) is 11.8 Å². The normalized spacial score (nSPS) is 26.8. The summed E-state index contributed by atoms with van der Waals surface area (Å²) in [6, 6.07) is 0. The van der Waals surface area contributed by atoms with Crippen LogP contribution < -0.4 is 0 Å². The highest BCUT2D eigenvalue weighted by atomic mass is 16.1. The summed E-state index contributed by atoms with van der Waals surface area (Å²) in [6.45, 7) is 5.27. The standard InChI is InChI=1S/C7H12BNO/c1-7(2)5-9(8)4-3-6(7)10/h3-5H2,1-2H3. The van der Waals surface area contributed by atoms with Crippen LogP contribution in [0, 0.1) is 5.41 Å². The van der Waals surface area contributed by atoms with Crippen molar-refractivity contribution in [3.05, 3.63) is 0 Å². The zero-order chi connectivity index (χ0) is 7.78. The van der Waals surface area contributed by atoms with E-state index in [1.807, 2.05) is 13.8 Å². The first-order valence-electron chi connectivity index (χ1n) is 3.55. The number of hydrogen-bond donors (Lipinski definition) is 0. The van der Waals surface area contributed by atoms with Crippen LogP contribution in [0.1, 0.15) is 20.3 Å². The Labute approximate surface area is 63.0 Å². The number of carbonyl (C=O) groups is 1. The molecule has 10 heavy (non-hydrogen) atoms. The Kier molecular flexibility index (Phi) is 1.86. The molecule has 0 saturated carbocycles. The van der Waals surface area contributed by atoms with Crippen LogP contribution in [0.4, 0.5) is 0 Å². The van der Waals surface area contributed by atoms with Crippen LogP contribution >= 0.6 is 0 Å². The summed E-state index contributed by atoms with van der Waals surface area (Å²) in [5, 5.41) is 0. The van der Waals surface area contributed by atoms with Crippen LogP contribution in [0.5, 0.6) is 0 Å². The van der Waals surface area contributed by atoms with E-state index in [9.17, 15) is 4.79 Å². The van der Waals surface area contributed by atoms with Crippen molar-refractivity contribution in [3.63, 3.8) is 0 Å². The predicted octanol–water partition coefficient (Wildman–Crippen LogP) is 0.371. The summed E-state index contributed by atoms with van der Waals surface area (Å²) >= 11 is 0. The maximum Gasteiger partial charge on any atom is 0.182 e. The van der Waals surface area contributed by atoms with Crippen LogP contribution in [-0.2, 0) is 4.79 Å². The summed E-state index contributed by atoms with van der Waals surface area (Å²) in [5.41, 5.74) is -0.229. The molecule has 0 spiro atoms. The zero-order valence-electron chi connectivity index (χ0n) is 6.55. The number of piperidine rings is 1. The molecule has 54 valence electrons. The molecule has 1 aliphatic heterocycles. The molecule has 0 bridgehead atoms. The van der Waals surface area contributed by atoms with Crippen LogP contribution in [0.2, 0.25) is 0 Å². The third kappa shape index (κ3) is 1.40. The molecule has 0 aliphatic carbocycles. The van der Waals surface area contributed by atoms with E-state index in [2.05, 4.69) is 0 Å². The third-order valence-corrected chi connectivity index (χ3v) is 1.98. The van der Waals surface area contributed by atoms with Crippen molar-refractivity contribution in [2.45, 2.75) is 20.3 Å². The quantitative estimate of drug-likeness (QED) is 0.449. The molecule has 0 aromatic rings. The van der Waals surface area contributed by atoms with Crippen LogP contribution in [-0.4, -0.2) is 31.7 Å². The average molecular weight is 137 g/mol. The van der Waals surface area contributed by atoms with Crippen molar-refractivity contribution in [1.82, 2.24) is 4.81 Å². The first-order chi connectivity index (χ1) is 4.52. The molecule has 1 heterocycles. The largest absolute Gasteiger partial charge is 0.352 e. The van der Waals surface area contributed by atoms with E-state index in [4.69, 9.17) is 7.98 Å². The summed E-state index contributed by atoms with van der Waals surface area (Å²) in [7, 11) is 5.55. The smallest absolute Gasteiger partial charge is 0.182 e. The Balaban J connectivity index is 2.63. The maximum atomic E-state index is 11.2. The van der Waals surface area contributed by atoms with Gasteiger partial charge in [-0.25, -0.2) is 0 Å². The number of hydrogen-bond acceptors (Lipinski definition) is 2. The molecule has 1 rings (SSSR count). The Morgan fingerprint density at radius 2 is 2.20 bits per heavy atom. The minimum Gasteiger partial charge on any atom is -0.352 e. The van der Waals surface area contributed by atoms with Gasteiger partial charge in [0.15, 0.2) is 7.98 Å². The van der Waals surface area contributed by atoms with Gasteiger partial charge < -0.3 is 4.81 Å². The molecule has 0 aromatic heterocycles. The number of ketones is 1. The van der Waals surface area contributed by atoms with E-state index in [0.29, 0.717) is 25.3 Å². The fourth-order valence-corrected chi connectivity index (χ4v) is 1.26. The summed E-state index contributed by atoms with van der Waals surface area (Å²) in [6.07, 6.45) is 0.601. The highest BCUT2D eigenvalue weighted by Crippen LogP contribution is 2.23. The summed E-state index contributed by atoms with van der Waals surface area (Å²) in [4.78, 5) is 12.9. The van der Waals surface area contributed by atoms with Gasteiger partial charge >= 0.3 is 0 Å². The van der Waals surface area contributed by atoms with E-state index in [1.54, 1.807) is 4.81 Å². The second kappa shape index (κ2) is 2.38. The molecule has 0 unspecified atom stereocenters. The van der Waals surface area contributed by atoms with Crippen molar-refractivity contribution in [2.24, 2.45) is 5.41 Å². The third-order valence-electron chi connectivity index (χ3n) is 1.98. The molecule has 0 amide bonds. The lowest BCUT2D eigenvalue weighted by Crippen LogP contribution is -2.44. The average Bonchev–Trinajstić information content (AvgIpc) is 1.78. The van der Waals surface area contributed by atoms with E-state index in [1.165, 1.54) is 0 Å². The van der Waals surface area contributed by atoms with Gasteiger partial charge in [0.1, 0.15) is 5.78 Å². The second-order valence-corrected chi connectivity index (χ2v) is 3.53. The van der Waals surface area contributed by atoms with E-state index in [-0.39, 0.29) is 5.41 Å². The van der Waals surface area contributed by atoms with E-state index in [0.717, 1.165) is 0 Å². The Morgan fingerprint density at radius 3 is 2.60 bits per heavy atom. The molecule has 1 fully saturated rings. The number of rotatable bonds is 0. The van der Waals surface area contributed by atoms with Gasteiger partial charge in [-0.05, 0) is 13.1 Å². The van der Waals surface area contributed by atoms with Crippen molar-refractivity contribution >= 4 is 13.8 Å². The fraction of sp³-hybridized carbons (Fsp3) is 0.857. The summed E-state index contributed by atoms with van der Waals surface area (Å²) in [5.74, 6) is 0.328. The lowest BCUT2D eigenvalue weighted by molar-refractivity contribution is -0.129. The van der Waals surface area contributed by atoms with Gasteiger partial charge in [-0.2, -0.15) is 0 Å². The van der Waals surface area contributed by atoms with Crippen molar-refractivity contribution < 1.29 is 4.79 Å². The van der Waals surface area contributed by atoms with Crippen LogP contribution in [0.25, 0.3) is 0 Å². The summed E-state index contributed by atoms with van der Waals surface area (Å²) < 4.78 is 0. The van der Waals surface area contributed by atoms with Crippen molar-refractivity contribution in [2.75, 3.05) is 13.1 Å². The number of nitrogens with zero attached hydrogens (tertiary/aromatic N) is 1. The lowest BCUT2D eigenvalue weighted by Gasteiger charge is -2.34. The highest BCUT2D eigenvalue weighted by molar-refractivity contribution is 6.05. The lowest BCUT2D eigenvalue weighted by atomic mass is 9.82. The van der Waals surface area contributed by atoms with Crippen molar-refractivity contribution in [1.29, 1.82) is 0 Å². The predicted molar refractivity (Wildman–Crippen MR) is 40.7 cm³/mol. The van der Waals surface area contributed by atoms with Gasteiger partial charge in [0.05, 0.1) is 0 Å². The van der Waals surface area contributed by atoms with E-state index >= 15 is 0 Å². The molecule has 1 aliphatic rings. The second-order valence-electron chi connectivity index (χ2n) is 3.53. The monoisotopic (exact) mass is 137 g/mol. The molecule has 3 heteroatoms. The first kappa shape index (κ1) is 7.80. The number of carbonyl (C=O) groups excluding carboxylic acids is 1. The Morgan fingerprint density at radius 1 is 1.60 bits per heavy atom. The van der Waals surface area contributed by atoms with Gasteiger partial charge in [0.25, 0.3) is 0 Å². The molecule has 1 saturated heterocycles. The van der Waals surface area contributed by atoms with Gasteiger partial charge in [-0.15, -0.1) is 0 Å². The molecule has 0 N–H and O–H groups in total. The molecular weight excluding hydrogens is 125 g/mol. The van der Waals surface area contributed by atoms with Crippen LogP contribution in [0.3, 0.4) is 0 Å². The fourth-order valence-electron chi connectivity index (χ4n) is 1.26. The van der Waals surface area contributed by atoms with Crippen molar-refractivity contribution in [3.8, 4) is 0 Å². The van der Waals surface area contributed by atoms with Gasteiger partial charge in [0.2, 0.25) is 0 Å². The minimum atomic E-state index is -0.229.